The van der Waals surface area contributed by atoms with Crippen LogP contribution in [0.3, 0.4) is 0 Å². The first kappa shape index (κ1) is 13.6. The van der Waals surface area contributed by atoms with Gasteiger partial charge in [0.1, 0.15) is 5.82 Å². The van der Waals surface area contributed by atoms with Crippen molar-refractivity contribution < 1.29 is 9.18 Å². The number of carbonyl (C=O) groups is 1. The van der Waals surface area contributed by atoms with E-state index < -0.39 is 0 Å². The summed E-state index contributed by atoms with van der Waals surface area (Å²) in [6.07, 6.45) is 0.975. The Labute approximate surface area is 101 Å². The van der Waals surface area contributed by atoms with Crippen LogP contribution in [0.15, 0.2) is 18.2 Å². The Morgan fingerprint density at radius 1 is 1.47 bits per heavy atom. The second-order valence-corrected chi connectivity index (χ2v) is 4.20. The summed E-state index contributed by atoms with van der Waals surface area (Å²) >= 11 is 0. The lowest BCUT2D eigenvalue weighted by Gasteiger charge is -2.12. The van der Waals surface area contributed by atoms with E-state index in [-0.39, 0.29) is 18.3 Å². The van der Waals surface area contributed by atoms with Gasteiger partial charge in [0.2, 0.25) is 5.91 Å². The highest BCUT2D eigenvalue weighted by Crippen LogP contribution is 2.15. The summed E-state index contributed by atoms with van der Waals surface area (Å²) in [5.74, 6) is -0.404. The Kier molecular flexibility index (Phi) is 5.10. The molecule has 0 aliphatic carbocycles. The summed E-state index contributed by atoms with van der Waals surface area (Å²) in [6.45, 7) is 6.11. The van der Waals surface area contributed by atoms with E-state index >= 15 is 0 Å². The van der Waals surface area contributed by atoms with E-state index in [1.54, 1.807) is 13.0 Å². The fourth-order valence-electron chi connectivity index (χ4n) is 1.37. The molecule has 2 N–H and O–H groups in total. The number of anilines is 1. The van der Waals surface area contributed by atoms with Crippen LogP contribution in [0.4, 0.5) is 10.1 Å². The van der Waals surface area contributed by atoms with Crippen molar-refractivity contribution in [3.8, 4) is 0 Å². The van der Waals surface area contributed by atoms with Crippen LogP contribution in [0.2, 0.25) is 0 Å². The number of carbonyl (C=O) groups excluding carboxylic acids is 1. The number of halogens is 1. The van der Waals surface area contributed by atoms with Crippen molar-refractivity contribution in [1.29, 1.82) is 0 Å². The maximum atomic E-state index is 12.9. The third kappa shape index (κ3) is 4.53. The number of hydrogen-bond acceptors (Lipinski definition) is 2. The van der Waals surface area contributed by atoms with Gasteiger partial charge in [-0.1, -0.05) is 6.92 Å². The van der Waals surface area contributed by atoms with Crippen LogP contribution in [0.1, 0.15) is 25.8 Å². The Morgan fingerprint density at radius 3 is 2.76 bits per heavy atom. The second-order valence-electron chi connectivity index (χ2n) is 4.20. The highest BCUT2D eigenvalue weighted by Gasteiger charge is 2.06. The van der Waals surface area contributed by atoms with Gasteiger partial charge in [-0.15, -0.1) is 0 Å². The lowest BCUT2D eigenvalue weighted by atomic mass is 10.2. The quantitative estimate of drug-likeness (QED) is 0.827. The molecule has 4 heteroatoms. The number of aryl methyl sites for hydroxylation is 1. The molecule has 0 aliphatic heterocycles. The van der Waals surface area contributed by atoms with Crippen molar-refractivity contribution in [3.63, 3.8) is 0 Å². The summed E-state index contributed by atoms with van der Waals surface area (Å²) < 4.78 is 12.9. The van der Waals surface area contributed by atoms with Crippen LogP contribution in [0.25, 0.3) is 0 Å². The average molecular weight is 238 g/mol. The normalized spacial score (nSPS) is 12.2. The molecular weight excluding hydrogens is 219 g/mol. The van der Waals surface area contributed by atoms with Gasteiger partial charge >= 0.3 is 0 Å². The molecule has 0 radical (unpaired) electrons. The molecule has 0 aliphatic rings. The largest absolute Gasteiger partial charge is 0.325 e. The molecule has 0 bridgehead atoms. The standard InChI is InChI=1S/C13H19FN2O/c1-4-10(3)15-8-13(17)16-12-6-5-11(14)7-9(12)2/h5-7,10,15H,4,8H2,1-3H3,(H,16,17). The minimum Gasteiger partial charge on any atom is -0.325 e. The van der Waals surface area contributed by atoms with E-state index in [9.17, 15) is 9.18 Å². The Hall–Kier alpha value is -1.42. The fourth-order valence-corrected chi connectivity index (χ4v) is 1.37. The Balaban J connectivity index is 2.50. The predicted molar refractivity (Wildman–Crippen MR) is 67.5 cm³/mol. The molecule has 0 aromatic heterocycles. The summed E-state index contributed by atoms with van der Waals surface area (Å²) in [5, 5.41) is 5.85. The molecule has 0 saturated heterocycles. The van der Waals surface area contributed by atoms with Crippen molar-refractivity contribution in [3.05, 3.63) is 29.6 Å². The number of rotatable bonds is 5. The molecule has 1 unspecified atom stereocenters. The van der Waals surface area contributed by atoms with Gasteiger partial charge < -0.3 is 10.6 Å². The molecule has 0 fully saturated rings. The number of hydrogen-bond donors (Lipinski definition) is 2. The highest BCUT2D eigenvalue weighted by molar-refractivity contribution is 5.92. The zero-order chi connectivity index (χ0) is 12.8. The first-order valence-corrected chi connectivity index (χ1v) is 5.82. The van der Waals surface area contributed by atoms with E-state index in [1.165, 1.54) is 12.1 Å². The molecule has 1 aromatic rings. The van der Waals surface area contributed by atoms with Crippen LogP contribution in [0, 0.1) is 12.7 Å². The van der Waals surface area contributed by atoms with Crippen LogP contribution in [0.5, 0.6) is 0 Å². The third-order valence-corrected chi connectivity index (χ3v) is 2.69. The Morgan fingerprint density at radius 2 is 2.18 bits per heavy atom. The lowest BCUT2D eigenvalue weighted by Crippen LogP contribution is -2.34. The SMILES string of the molecule is CCC(C)NCC(=O)Nc1ccc(F)cc1C. The minimum atomic E-state index is -0.293. The number of amides is 1. The molecule has 3 nitrogen and oxygen atoms in total. The van der Waals surface area contributed by atoms with Gasteiger partial charge in [0, 0.05) is 11.7 Å². The topological polar surface area (TPSA) is 41.1 Å². The van der Waals surface area contributed by atoms with Gasteiger partial charge in [0.05, 0.1) is 6.54 Å². The monoisotopic (exact) mass is 238 g/mol. The molecular formula is C13H19FN2O. The van der Waals surface area contributed by atoms with Gasteiger partial charge in [-0.3, -0.25) is 4.79 Å². The molecule has 0 heterocycles. The summed E-state index contributed by atoms with van der Waals surface area (Å²) in [4.78, 5) is 11.6. The molecule has 1 rings (SSSR count). The van der Waals surface area contributed by atoms with Gasteiger partial charge in [-0.05, 0) is 44.0 Å². The molecule has 1 amide bonds. The van der Waals surface area contributed by atoms with Crippen molar-refractivity contribution in [2.75, 3.05) is 11.9 Å². The Bertz CT molecular complexity index is 393. The summed E-state index contributed by atoms with van der Waals surface area (Å²) in [7, 11) is 0. The zero-order valence-electron chi connectivity index (χ0n) is 10.5. The molecule has 1 aromatic carbocycles. The smallest absolute Gasteiger partial charge is 0.238 e. The zero-order valence-corrected chi connectivity index (χ0v) is 10.5. The van der Waals surface area contributed by atoms with Gasteiger partial charge in [0.15, 0.2) is 0 Å². The predicted octanol–water partition coefficient (Wildman–Crippen LogP) is 2.46. The maximum absolute atomic E-state index is 12.9. The molecule has 94 valence electrons. The maximum Gasteiger partial charge on any atom is 0.238 e. The third-order valence-electron chi connectivity index (χ3n) is 2.69. The molecule has 1 atom stereocenters. The van der Waals surface area contributed by atoms with Crippen molar-refractivity contribution in [2.24, 2.45) is 0 Å². The van der Waals surface area contributed by atoms with Crippen LogP contribution >= 0.6 is 0 Å². The van der Waals surface area contributed by atoms with E-state index in [0.717, 1.165) is 12.0 Å². The van der Waals surface area contributed by atoms with E-state index in [1.807, 2.05) is 6.92 Å². The lowest BCUT2D eigenvalue weighted by molar-refractivity contribution is -0.115. The molecule has 17 heavy (non-hydrogen) atoms. The van der Waals surface area contributed by atoms with Gasteiger partial charge in [-0.2, -0.15) is 0 Å². The number of nitrogens with one attached hydrogen (secondary N) is 2. The fraction of sp³-hybridized carbons (Fsp3) is 0.462. The summed E-state index contributed by atoms with van der Waals surface area (Å²) in [5.41, 5.74) is 1.38. The summed E-state index contributed by atoms with van der Waals surface area (Å²) in [6, 6.07) is 4.63. The van der Waals surface area contributed by atoms with Crippen LogP contribution < -0.4 is 10.6 Å². The van der Waals surface area contributed by atoms with E-state index in [2.05, 4.69) is 17.6 Å². The van der Waals surface area contributed by atoms with E-state index in [4.69, 9.17) is 0 Å². The number of benzene rings is 1. The van der Waals surface area contributed by atoms with Gasteiger partial charge in [-0.25, -0.2) is 4.39 Å². The average Bonchev–Trinajstić information content (AvgIpc) is 2.29. The second kappa shape index (κ2) is 6.35. The highest BCUT2D eigenvalue weighted by atomic mass is 19.1. The van der Waals surface area contributed by atoms with Crippen LogP contribution in [-0.2, 0) is 4.79 Å². The van der Waals surface area contributed by atoms with Gasteiger partial charge in [0.25, 0.3) is 0 Å². The van der Waals surface area contributed by atoms with Crippen molar-refractivity contribution in [2.45, 2.75) is 33.2 Å². The van der Waals surface area contributed by atoms with Crippen molar-refractivity contribution in [1.82, 2.24) is 5.32 Å². The van der Waals surface area contributed by atoms with Crippen LogP contribution in [-0.4, -0.2) is 18.5 Å². The molecule has 0 spiro atoms. The minimum absolute atomic E-state index is 0.111. The first-order valence-electron chi connectivity index (χ1n) is 5.82. The molecule has 0 saturated carbocycles. The van der Waals surface area contributed by atoms with E-state index in [0.29, 0.717) is 11.7 Å². The van der Waals surface area contributed by atoms with Crippen molar-refractivity contribution >= 4 is 11.6 Å². The first-order chi connectivity index (χ1) is 8.02.